The first-order valence-corrected chi connectivity index (χ1v) is 18.6. The first-order chi connectivity index (χ1) is 22.6. The van der Waals surface area contributed by atoms with E-state index in [9.17, 15) is 27.5 Å². The van der Waals surface area contributed by atoms with Gasteiger partial charge in [0.25, 0.3) is 5.91 Å². The van der Waals surface area contributed by atoms with Crippen molar-refractivity contribution in [1.29, 1.82) is 0 Å². The third-order valence-corrected chi connectivity index (χ3v) is 13.5. The molecule has 3 aromatic carbocycles. The lowest BCUT2D eigenvalue weighted by molar-refractivity contribution is -0.123. The van der Waals surface area contributed by atoms with E-state index in [1.165, 1.54) is 25.3 Å². The molecule has 9 nitrogen and oxygen atoms in total. The van der Waals surface area contributed by atoms with Gasteiger partial charge in [0.2, 0.25) is 20.5 Å². The number of anilines is 1. The highest BCUT2D eigenvalue weighted by Crippen LogP contribution is 2.51. The fraction of sp³-hybridized carbons (Fsp3) is 0.429. The van der Waals surface area contributed by atoms with Crippen LogP contribution in [0, 0.1) is 17.8 Å². The molecule has 48 heavy (non-hydrogen) atoms. The van der Waals surface area contributed by atoms with Crippen molar-refractivity contribution in [1.82, 2.24) is 4.90 Å². The number of alkyl halides is 1. The second-order valence-corrected chi connectivity index (χ2v) is 17.6. The summed E-state index contributed by atoms with van der Waals surface area (Å²) in [5.41, 5.74) is 8.60. The van der Waals surface area contributed by atoms with Crippen molar-refractivity contribution in [2.24, 2.45) is 23.5 Å². The van der Waals surface area contributed by atoms with Gasteiger partial charge < -0.3 is 25.8 Å². The minimum Gasteiger partial charge on any atom is -0.496 e. The predicted octanol–water partition coefficient (Wildman–Crippen LogP) is 4.84. The second-order valence-electron chi connectivity index (χ2n) is 13.2. The number of aliphatic hydroxyl groups excluding tert-OH is 1. The first-order valence-electron chi connectivity index (χ1n) is 15.9. The third kappa shape index (κ3) is 6.65. The number of carbonyl (C=O) groups is 2. The summed E-state index contributed by atoms with van der Waals surface area (Å²) < 4.78 is 42.9. The van der Waals surface area contributed by atoms with E-state index in [2.05, 4.69) is 14.6 Å². The topological polar surface area (TPSA) is 139 Å². The maximum atomic E-state index is 14.5. The number of hydrogen-bond acceptors (Lipinski definition) is 7. The first kappa shape index (κ1) is 36.3. The van der Waals surface area contributed by atoms with Gasteiger partial charge in [-0.1, -0.05) is 46.5 Å². The molecular formula is C35H44FN3O6P2S. The number of halogens is 1. The summed E-state index contributed by atoms with van der Waals surface area (Å²) in [6.07, 6.45) is 3.11. The van der Waals surface area contributed by atoms with Gasteiger partial charge in [-0.05, 0) is 96.8 Å². The molecule has 2 aliphatic carbocycles. The van der Waals surface area contributed by atoms with Crippen molar-refractivity contribution in [2.45, 2.75) is 60.7 Å². The van der Waals surface area contributed by atoms with Gasteiger partial charge in [0, 0.05) is 18.8 Å². The summed E-state index contributed by atoms with van der Waals surface area (Å²) in [6.45, 7) is 2.69. The largest absolute Gasteiger partial charge is 0.496 e. The van der Waals surface area contributed by atoms with Crippen LogP contribution in [0.1, 0.15) is 55.5 Å². The Morgan fingerprint density at radius 1 is 1.12 bits per heavy atom. The van der Waals surface area contributed by atoms with E-state index in [0.29, 0.717) is 17.7 Å². The number of nitrogens with two attached hydrogens (primary N) is 1. The lowest BCUT2D eigenvalue weighted by Gasteiger charge is -2.37. The summed E-state index contributed by atoms with van der Waals surface area (Å²) in [5.74, 6) is -0.531. The van der Waals surface area contributed by atoms with Crippen LogP contribution < -0.4 is 21.1 Å². The summed E-state index contributed by atoms with van der Waals surface area (Å²) in [6, 6.07) is 16.4. The molecule has 0 saturated heterocycles. The van der Waals surface area contributed by atoms with E-state index in [-0.39, 0.29) is 40.8 Å². The van der Waals surface area contributed by atoms with Crippen molar-refractivity contribution in [2.75, 3.05) is 26.1 Å². The number of aliphatic hydroxyl groups is 1. The molecule has 0 aromatic heterocycles. The minimum absolute atomic E-state index is 0.0606. The van der Waals surface area contributed by atoms with E-state index in [0.717, 1.165) is 48.2 Å². The average Bonchev–Trinajstić information content (AvgIpc) is 3.69. The van der Waals surface area contributed by atoms with Crippen LogP contribution in [-0.4, -0.2) is 61.8 Å². The highest BCUT2D eigenvalue weighted by Gasteiger charge is 2.53. The quantitative estimate of drug-likeness (QED) is 0.242. The lowest BCUT2D eigenvalue weighted by Crippen LogP contribution is -2.49. The van der Waals surface area contributed by atoms with E-state index in [1.807, 2.05) is 31.2 Å². The molecule has 2 aliphatic rings. The van der Waals surface area contributed by atoms with E-state index in [1.54, 1.807) is 39.4 Å². The highest BCUT2D eigenvalue weighted by atomic mass is 32.2. The van der Waals surface area contributed by atoms with Crippen LogP contribution in [0.4, 0.5) is 10.1 Å². The van der Waals surface area contributed by atoms with Crippen molar-refractivity contribution in [3.8, 4) is 16.9 Å². The standard InChI is InChI=1S/C35H44FN3O6P2S/c1-5-35(37,19-40)23-13-11-20(12-14-23)26-17-27(28(45-4)18-29(26)46)33(42)39(3)31-22-10-9-21(15-22)30(31)32(41)38-24-7-6-8-25(16-24)48(43,44)34(2,36)47/h6-8,11-14,16-18,21-22,30-31,40H,5,9-10,15,19,37,46-47H2,1-4H3,(H,38,41)/t21-,22-,30-,31+,34?,35?/m0/s1. The smallest absolute Gasteiger partial charge is 0.257 e. The number of ether oxygens (including phenoxy) is 1. The van der Waals surface area contributed by atoms with Gasteiger partial charge in [0.15, 0.2) is 0 Å². The van der Waals surface area contributed by atoms with E-state index < -0.39 is 32.1 Å². The van der Waals surface area contributed by atoms with Gasteiger partial charge in [-0.15, -0.1) is 9.24 Å². The Morgan fingerprint density at radius 2 is 1.79 bits per heavy atom. The Morgan fingerprint density at radius 3 is 2.40 bits per heavy atom. The normalized spacial score (nSPS) is 22.9. The zero-order valence-electron chi connectivity index (χ0n) is 27.6. The fourth-order valence-corrected chi connectivity index (χ4v) is 9.09. The Kier molecular flexibility index (Phi) is 10.4. The second kappa shape index (κ2) is 13.8. The van der Waals surface area contributed by atoms with E-state index >= 15 is 0 Å². The van der Waals surface area contributed by atoms with Gasteiger partial charge in [0.1, 0.15) is 5.75 Å². The molecule has 2 amide bonds. The number of hydrogen-bond donors (Lipinski definition) is 3. The molecule has 2 fully saturated rings. The van der Waals surface area contributed by atoms with Crippen LogP contribution in [-0.2, 0) is 20.2 Å². The molecular weight excluding hydrogens is 671 g/mol. The predicted molar refractivity (Wildman–Crippen MR) is 193 cm³/mol. The fourth-order valence-electron chi connectivity index (χ4n) is 7.28. The Hall–Kier alpha value is -2.94. The van der Waals surface area contributed by atoms with Gasteiger partial charge in [0.05, 0.1) is 35.6 Å². The lowest BCUT2D eigenvalue weighted by atomic mass is 9.82. The van der Waals surface area contributed by atoms with Crippen LogP contribution in [0.2, 0.25) is 0 Å². The van der Waals surface area contributed by atoms with Crippen molar-refractivity contribution in [3.05, 3.63) is 71.8 Å². The van der Waals surface area contributed by atoms with Crippen molar-refractivity contribution in [3.63, 3.8) is 0 Å². The molecule has 13 heteroatoms. The molecule has 4 N–H and O–H groups in total. The zero-order valence-corrected chi connectivity index (χ0v) is 30.7. The summed E-state index contributed by atoms with van der Waals surface area (Å²) in [4.78, 5) is 29.5. The molecule has 5 rings (SSSR count). The third-order valence-electron chi connectivity index (χ3n) is 10.2. The molecule has 2 saturated carbocycles. The van der Waals surface area contributed by atoms with Crippen LogP contribution in [0.25, 0.3) is 11.1 Å². The molecule has 8 atom stereocenters. The summed E-state index contributed by atoms with van der Waals surface area (Å²) >= 11 is 0. The van der Waals surface area contributed by atoms with Crippen LogP contribution in [0.15, 0.2) is 65.6 Å². The number of amides is 2. The zero-order chi connectivity index (χ0) is 35.2. The molecule has 3 aromatic rings. The number of nitrogens with zero attached hydrogens (tertiary/aromatic N) is 1. The number of methoxy groups -OCH3 is 1. The van der Waals surface area contributed by atoms with E-state index in [4.69, 9.17) is 10.5 Å². The Balaban J connectivity index is 1.43. The number of nitrogens with one attached hydrogen (secondary N) is 1. The summed E-state index contributed by atoms with van der Waals surface area (Å²) in [5, 5.41) is 13.5. The maximum absolute atomic E-state index is 14.5. The van der Waals surface area contributed by atoms with Gasteiger partial charge in [-0.3, -0.25) is 9.59 Å². The SMILES string of the molecule is CCC(N)(CO)c1ccc(-c2cc(C(=O)N(C)[C@@H]3[C@H]4CC[C@@H](C4)[C@@H]3C(=O)Nc3cccc(S(=O)(=O)C(C)(F)P)c3)c(OC)cc2P)cc1. The molecule has 258 valence electrons. The minimum atomic E-state index is -4.31. The number of benzene rings is 3. The maximum Gasteiger partial charge on any atom is 0.257 e. The number of carbonyl (C=O) groups excluding carboxylic acids is 2. The monoisotopic (exact) mass is 715 g/mol. The molecule has 0 spiro atoms. The van der Waals surface area contributed by atoms with Gasteiger partial charge >= 0.3 is 0 Å². The summed E-state index contributed by atoms with van der Waals surface area (Å²) in [7, 11) is 3.30. The van der Waals surface area contributed by atoms with Crippen molar-refractivity contribution < 1.29 is 32.2 Å². The number of fused-ring (bicyclic) bond motifs is 2. The molecule has 0 heterocycles. The number of sulfone groups is 1. The Labute approximate surface area is 286 Å². The van der Waals surface area contributed by atoms with Crippen LogP contribution >= 0.6 is 18.5 Å². The van der Waals surface area contributed by atoms with Crippen LogP contribution in [0.3, 0.4) is 0 Å². The van der Waals surface area contributed by atoms with Crippen LogP contribution in [0.5, 0.6) is 5.75 Å². The molecule has 0 radical (unpaired) electrons. The van der Waals surface area contributed by atoms with Gasteiger partial charge in [-0.25, -0.2) is 12.8 Å². The highest BCUT2D eigenvalue weighted by molar-refractivity contribution is 7.96. The number of rotatable bonds is 11. The van der Waals surface area contributed by atoms with Crippen molar-refractivity contribution >= 4 is 51.1 Å². The molecule has 4 unspecified atom stereocenters. The van der Waals surface area contributed by atoms with Gasteiger partial charge in [-0.2, -0.15) is 0 Å². The molecule has 0 aliphatic heterocycles. The average molecular weight is 716 g/mol. The molecule has 2 bridgehead atoms. The Bertz CT molecular complexity index is 1810.